The van der Waals surface area contributed by atoms with Crippen molar-refractivity contribution in [2.45, 2.75) is 32.4 Å². The van der Waals surface area contributed by atoms with E-state index in [1.807, 2.05) is 9.80 Å². The van der Waals surface area contributed by atoms with Crippen LogP contribution >= 0.6 is 11.3 Å². The molecule has 4 rings (SSSR count). The van der Waals surface area contributed by atoms with Crippen molar-refractivity contribution >= 4 is 28.7 Å². The smallest absolute Gasteiger partial charge is 0.236 e. The number of thiophene rings is 1. The molecule has 1 aliphatic heterocycles. The Morgan fingerprint density at radius 3 is 2.52 bits per heavy atom. The molecule has 0 bridgehead atoms. The van der Waals surface area contributed by atoms with E-state index in [1.54, 1.807) is 23.5 Å². The van der Waals surface area contributed by atoms with Gasteiger partial charge in [-0.1, -0.05) is 0 Å². The van der Waals surface area contributed by atoms with E-state index in [4.69, 9.17) is 0 Å². The van der Waals surface area contributed by atoms with Gasteiger partial charge in [0.2, 0.25) is 5.91 Å². The van der Waals surface area contributed by atoms with Crippen LogP contribution in [0.15, 0.2) is 35.0 Å². The van der Waals surface area contributed by atoms with Crippen LogP contribution in [-0.2, 0) is 11.3 Å². The first-order valence-electron chi connectivity index (χ1n) is 10.1. The molecule has 2 aromatic rings. The van der Waals surface area contributed by atoms with Crippen LogP contribution in [0.5, 0.6) is 0 Å². The molecule has 2 heterocycles. The fourth-order valence-electron chi connectivity index (χ4n) is 3.82. The van der Waals surface area contributed by atoms with Crippen molar-refractivity contribution in [3.63, 3.8) is 0 Å². The van der Waals surface area contributed by atoms with E-state index in [0.29, 0.717) is 50.0 Å². The zero-order chi connectivity index (χ0) is 20.4. The highest BCUT2D eigenvalue weighted by Gasteiger charge is 2.32. The molecular formula is C22H26FN3O2S. The van der Waals surface area contributed by atoms with Crippen LogP contribution in [-0.4, -0.2) is 60.3 Å². The molecular weight excluding hydrogens is 389 g/mol. The number of ketones is 1. The number of hydrogen-bond donors (Lipinski definition) is 0. The first-order chi connectivity index (χ1) is 14.0. The molecule has 29 heavy (non-hydrogen) atoms. The van der Waals surface area contributed by atoms with Gasteiger partial charge in [-0.15, -0.1) is 0 Å². The van der Waals surface area contributed by atoms with E-state index in [9.17, 15) is 14.0 Å². The number of amides is 1. The van der Waals surface area contributed by atoms with E-state index in [2.05, 4.69) is 21.7 Å². The van der Waals surface area contributed by atoms with E-state index in [0.717, 1.165) is 6.54 Å². The van der Waals surface area contributed by atoms with Crippen molar-refractivity contribution in [2.75, 3.05) is 37.6 Å². The first kappa shape index (κ1) is 20.0. The van der Waals surface area contributed by atoms with Gasteiger partial charge in [-0.3, -0.25) is 14.5 Å². The van der Waals surface area contributed by atoms with Crippen LogP contribution in [0.4, 0.5) is 10.1 Å². The predicted octanol–water partition coefficient (Wildman–Crippen LogP) is 3.40. The van der Waals surface area contributed by atoms with Crippen molar-refractivity contribution in [2.24, 2.45) is 0 Å². The molecule has 1 aromatic carbocycles. The molecule has 1 saturated heterocycles. The number of rotatable bonds is 7. The SMILES string of the molecule is CC(=O)c1ccc(N2CCN(C(=O)CN(Cc3ccsc3)C3CC3)CC2)c(F)c1. The summed E-state index contributed by atoms with van der Waals surface area (Å²) in [5.41, 5.74) is 2.15. The normalized spacial score (nSPS) is 17.1. The summed E-state index contributed by atoms with van der Waals surface area (Å²) in [5, 5.41) is 4.22. The molecule has 0 unspecified atom stereocenters. The monoisotopic (exact) mass is 415 g/mol. The van der Waals surface area contributed by atoms with Gasteiger partial charge in [-0.05, 0) is 60.4 Å². The lowest BCUT2D eigenvalue weighted by atomic mass is 10.1. The summed E-state index contributed by atoms with van der Waals surface area (Å²) in [6, 6.07) is 7.27. The van der Waals surface area contributed by atoms with E-state index < -0.39 is 0 Å². The quantitative estimate of drug-likeness (QED) is 0.650. The summed E-state index contributed by atoms with van der Waals surface area (Å²) in [4.78, 5) is 30.4. The number of anilines is 1. The summed E-state index contributed by atoms with van der Waals surface area (Å²) in [7, 11) is 0. The Bertz CT molecular complexity index is 874. The number of piperazine rings is 1. The maximum absolute atomic E-state index is 14.4. The summed E-state index contributed by atoms with van der Waals surface area (Å²) in [5.74, 6) is -0.374. The lowest BCUT2D eigenvalue weighted by Crippen LogP contribution is -2.51. The minimum Gasteiger partial charge on any atom is -0.366 e. The molecule has 1 aliphatic carbocycles. The zero-order valence-corrected chi connectivity index (χ0v) is 17.5. The van der Waals surface area contributed by atoms with Gasteiger partial charge in [0, 0.05) is 44.3 Å². The Morgan fingerprint density at radius 1 is 1.17 bits per heavy atom. The van der Waals surface area contributed by atoms with E-state index in [1.165, 1.54) is 31.4 Å². The summed E-state index contributed by atoms with van der Waals surface area (Å²) in [6.07, 6.45) is 2.33. The number of carbonyl (C=O) groups excluding carboxylic acids is 2. The predicted molar refractivity (Wildman–Crippen MR) is 113 cm³/mol. The minimum atomic E-state index is -0.381. The van der Waals surface area contributed by atoms with Gasteiger partial charge in [-0.25, -0.2) is 4.39 Å². The van der Waals surface area contributed by atoms with Crippen LogP contribution in [0, 0.1) is 5.82 Å². The van der Waals surface area contributed by atoms with Crippen molar-refractivity contribution in [3.8, 4) is 0 Å². The highest BCUT2D eigenvalue weighted by molar-refractivity contribution is 7.07. The molecule has 154 valence electrons. The third-order valence-corrected chi connectivity index (χ3v) is 6.43. The Hall–Kier alpha value is -2.25. The molecule has 2 fully saturated rings. The Balaban J connectivity index is 1.33. The highest BCUT2D eigenvalue weighted by Crippen LogP contribution is 2.29. The molecule has 0 atom stereocenters. The summed E-state index contributed by atoms with van der Waals surface area (Å²) < 4.78 is 14.4. The summed E-state index contributed by atoms with van der Waals surface area (Å²) in [6.45, 7) is 5.07. The van der Waals surface area contributed by atoms with Crippen LogP contribution in [0.25, 0.3) is 0 Å². The fraction of sp³-hybridized carbons (Fsp3) is 0.455. The maximum Gasteiger partial charge on any atom is 0.236 e. The second-order valence-electron chi connectivity index (χ2n) is 7.86. The third kappa shape index (κ3) is 4.85. The van der Waals surface area contributed by atoms with Crippen LogP contribution in [0.2, 0.25) is 0 Å². The lowest BCUT2D eigenvalue weighted by Gasteiger charge is -2.37. The molecule has 5 nitrogen and oxygen atoms in total. The average Bonchev–Trinajstić information content (AvgIpc) is 3.44. The standard InChI is InChI=1S/C22H26FN3O2S/c1-16(27)18-2-5-21(20(23)12-18)24-7-9-25(10-8-24)22(28)14-26(19-3-4-19)13-17-6-11-29-15-17/h2,5-6,11-12,15,19H,3-4,7-10,13-14H2,1H3. The van der Waals surface area contributed by atoms with Crippen LogP contribution in [0.1, 0.15) is 35.7 Å². The van der Waals surface area contributed by atoms with Gasteiger partial charge in [0.05, 0.1) is 12.2 Å². The van der Waals surface area contributed by atoms with Crippen molar-refractivity contribution in [3.05, 3.63) is 52.0 Å². The maximum atomic E-state index is 14.4. The topological polar surface area (TPSA) is 43.9 Å². The zero-order valence-electron chi connectivity index (χ0n) is 16.6. The van der Waals surface area contributed by atoms with Crippen molar-refractivity contribution in [1.29, 1.82) is 0 Å². The van der Waals surface area contributed by atoms with Crippen LogP contribution in [0.3, 0.4) is 0 Å². The second-order valence-corrected chi connectivity index (χ2v) is 8.64. The first-order valence-corrected chi connectivity index (χ1v) is 11.0. The van der Waals surface area contributed by atoms with Gasteiger partial charge in [-0.2, -0.15) is 11.3 Å². The van der Waals surface area contributed by atoms with Gasteiger partial charge in [0.1, 0.15) is 5.82 Å². The molecule has 2 aliphatic rings. The van der Waals surface area contributed by atoms with Gasteiger partial charge in [0.25, 0.3) is 0 Å². The number of halogens is 1. The Morgan fingerprint density at radius 2 is 1.93 bits per heavy atom. The van der Waals surface area contributed by atoms with Crippen LogP contribution < -0.4 is 4.90 Å². The number of benzene rings is 1. The van der Waals surface area contributed by atoms with E-state index in [-0.39, 0.29) is 17.5 Å². The van der Waals surface area contributed by atoms with Crippen molar-refractivity contribution in [1.82, 2.24) is 9.80 Å². The van der Waals surface area contributed by atoms with Crippen molar-refractivity contribution < 1.29 is 14.0 Å². The number of hydrogen-bond acceptors (Lipinski definition) is 5. The Labute approximate surface area is 174 Å². The highest BCUT2D eigenvalue weighted by atomic mass is 32.1. The van der Waals surface area contributed by atoms with Gasteiger partial charge in [0.15, 0.2) is 5.78 Å². The molecule has 1 amide bonds. The molecule has 0 spiro atoms. The largest absolute Gasteiger partial charge is 0.366 e. The average molecular weight is 416 g/mol. The number of carbonyl (C=O) groups is 2. The molecule has 1 saturated carbocycles. The summed E-state index contributed by atoms with van der Waals surface area (Å²) >= 11 is 1.69. The molecule has 0 radical (unpaired) electrons. The third-order valence-electron chi connectivity index (χ3n) is 5.69. The fourth-order valence-corrected chi connectivity index (χ4v) is 4.48. The molecule has 7 heteroatoms. The second kappa shape index (κ2) is 8.63. The minimum absolute atomic E-state index is 0.145. The van der Waals surface area contributed by atoms with Gasteiger partial charge >= 0.3 is 0 Å². The van der Waals surface area contributed by atoms with E-state index >= 15 is 0 Å². The van der Waals surface area contributed by atoms with Gasteiger partial charge < -0.3 is 9.80 Å². The Kier molecular flexibility index (Phi) is 5.96. The number of nitrogens with zero attached hydrogens (tertiary/aromatic N) is 3. The lowest BCUT2D eigenvalue weighted by molar-refractivity contribution is -0.133. The number of Topliss-reactive ketones (excluding diaryl/α,β-unsaturated/α-hetero) is 1. The molecule has 0 N–H and O–H groups in total. The molecule has 1 aromatic heterocycles.